The van der Waals surface area contributed by atoms with Crippen molar-refractivity contribution in [1.29, 1.82) is 0 Å². The number of piperazine rings is 1. The van der Waals surface area contributed by atoms with E-state index in [9.17, 15) is 13.2 Å². The molecule has 0 unspecified atom stereocenters. The fourth-order valence-electron chi connectivity index (χ4n) is 3.58. The first-order valence-corrected chi connectivity index (χ1v) is 13.1. The van der Waals surface area contributed by atoms with Gasteiger partial charge >= 0.3 is 0 Å². The third-order valence-electron chi connectivity index (χ3n) is 5.34. The molecule has 172 valence electrons. The number of sulfonamides is 1. The Hall–Kier alpha value is -2.72. The highest BCUT2D eigenvalue weighted by Crippen LogP contribution is 2.21. The molecule has 0 atom stereocenters. The van der Waals surface area contributed by atoms with E-state index in [0.29, 0.717) is 31.2 Å². The first-order valence-electron chi connectivity index (χ1n) is 10.7. The second kappa shape index (κ2) is 10.9. The Kier molecular flexibility index (Phi) is 7.77. The lowest BCUT2D eigenvalue weighted by molar-refractivity contribution is -0.113. The van der Waals surface area contributed by atoms with Crippen molar-refractivity contribution in [2.24, 2.45) is 0 Å². The molecule has 1 amide bonds. The molecule has 1 saturated heterocycles. The molecule has 2 aromatic carbocycles. The maximum atomic E-state index is 13.0. The minimum atomic E-state index is -3.59. The van der Waals surface area contributed by atoms with Crippen LogP contribution in [0.15, 0.2) is 88.9 Å². The molecule has 2 heterocycles. The van der Waals surface area contributed by atoms with E-state index in [4.69, 9.17) is 0 Å². The molecule has 7 nitrogen and oxygen atoms in total. The summed E-state index contributed by atoms with van der Waals surface area (Å²) in [6.45, 7) is 3.09. The summed E-state index contributed by atoms with van der Waals surface area (Å²) in [5, 5.41) is 3.42. The highest BCUT2D eigenvalue weighted by atomic mass is 32.2. The van der Waals surface area contributed by atoms with Crippen LogP contribution in [0.2, 0.25) is 0 Å². The molecule has 4 rings (SSSR count). The number of aromatic nitrogens is 1. The van der Waals surface area contributed by atoms with E-state index in [1.807, 2.05) is 48.5 Å². The summed E-state index contributed by atoms with van der Waals surface area (Å²) in [7, 11) is -3.59. The van der Waals surface area contributed by atoms with Gasteiger partial charge < -0.3 is 5.32 Å². The number of hydrogen-bond acceptors (Lipinski definition) is 6. The van der Waals surface area contributed by atoms with Crippen molar-refractivity contribution in [3.63, 3.8) is 0 Å². The number of carbonyl (C=O) groups excluding carboxylic acids is 1. The highest BCUT2D eigenvalue weighted by Gasteiger charge is 2.28. The Balaban J connectivity index is 1.28. The zero-order valence-corrected chi connectivity index (χ0v) is 19.8. The molecular weight excluding hydrogens is 456 g/mol. The minimum Gasteiger partial charge on any atom is -0.325 e. The molecule has 0 saturated carbocycles. The number of hydrogen-bond donors (Lipinski definition) is 1. The van der Waals surface area contributed by atoms with Gasteiger partial charge in [0.25, 0.3) is 0 Å². The smallest absolute Gasteiger partial charge is 0.244 e. The number of nitrogens with zero attached hydrogens (tertiary/aromatic N) is 3. The van der Waals surface area contributed by atoms with Gasteiger partial charge in [0, 0.05) is 44.6 Å². The van der Waals surface area contributed by atoms with Gasteiger partial charge in [-0.25, -0.2) is 13.4 Å². The molecule has 1 fully saturated rings. The monoisotopic (exact) mass is 482 g/mol. The zero-order chi connectivity index (χ0) is 23.1. The van der Waals surface area contributed by atoms with Gasteiger partial charge in [-0.15, -0.1) is 0 Å². The summed E-state index contributed by atoms with van der Waals surface area (Å²) in [5.41, 5.74) is 1.96. The van der Waals surface area contributed by atoms with Crippen LogP contribution in [0.3, 0.4) is 0 Å². The number of pyridine rings is 1. The van der Waals surface area contributed by atoms with E-state index < -0.39 is 10.0 Å². The predicted molar refractivity (Wildman–Crippen MR) is 131 cm³/mol. The van der Waals surface area contributed by atoms with Crippen LogP contribution < -0.4 is 5.32 Å². The lowest BCUT2D eigenvalue weighted by Gasteiger charge is -2.33. The van der Waals surface area contributed by atoms with Crippen LogP contribution in [-0.2, 0) is 21.4 Å². The van der Waals surface area contributed by atoms with Crippen molar-refractivity contribution in [3.8, 4) is 0 Å². The summed E-state index contributed by atoms with van der Waals surface area (Å²) in [4.78, 5) is 18.8. The minimum absolute atomic E-state index is 0.141. The second-order valence-electron chi connectivity index (χ2n) is 7.70. The second-order valence-corrected chi connectivity index (χ2v) is 10.6. The standard InChI is InChI=1S/C24H26N4O3S2/c29-23(26-21-9-5-2-6-10-21)19-32-24-12-11-22(17-25-24)33(30,31)28-15-13-27(14-16-28)18-20-7-3-1-4-8-20/h1-12,17H,13-16,18-19H2,(H,26,29). The molecule has 9 heteroatoms. The van der Waals surface area contributed by atoms with Crippen molar-refractivity contribution < 1.29 is 13.2 Å². The third kappa shape index (κ3) is 6.42. The molecule has 0 spiro atoms. The normalized spacial score (nSPS) is 15.3. The molecular formula is C24H26N4O3S2. The Bertz CT molecular complexity index is 1150. The predicted octanol–water partition coefficient (Wildman–Crippen LogP) is 3.32. The Morgan fingerprint density at radius 2 is 1.58 bits per heavy atom. The molecule has 0 aliphatic carbocycles. The number of anilines is 1. The zero-order valence-electron chi connectivity index (χ0n) is 18.1. The molecule has 3 aromatic rings. The summed E-state index contributed by atoms with van der Waals surface area (Å²) < 4.78 is 27.6. The fourth-order valence-corrected chi connectivity index (χ4v) is 5.59. The summed E-state index contributed by atoms with van der Waals surface area (Å²) >= 11 is 1.27. The maximum absolute atomic E-state index is 13.0. The lowest BCUT2D eigenvalue weighted by Crippen LogP contribution is -2.48. The highest BCUT2D eigenvalue weighted by molar-refractivity contribution is 7.99. The number of amides is 1. The van der Waals surface area contributed by atoms with Crippen molar-refractivity contribution in [2.45, 2.75) is 16.5 Å². The van der Waals surface area contributed by atoms with Crippen molar-refractivity contribution in [2.75, 3.05) is 37.2 Å². The number of thioether (sulfide) groups is 1. The van der Waals surface area contributed by atoms with Crippen LogP contribution in [0.1, 0.15) is 5.56 Å². The number of rotatable bonds is 8. The molecule has 0 bridgehead atoms. The van der Waals surface area contributed by atoms with Crippen LogP contribution in [0.4, 0.5) is 5.69 Å². The van der Waals surface area contributed by atoms with Crippen LogP contribution in [0, 0.1) is 0 Å². The Morgan fingerprint density at radius 1 is 0.909 bits per heavy atom. The number of para-hydroxylation sites is 1. The van der Waals surface area contributed by atoms with Gasteiger partial charge in [-0.05, 0) is 29.8 Å². The van der Waals surface area contributed by atoms with Gasteiger partial charge in [-0.2, -0.15) is 4.31 Å². The molecule has 1 aliphatic rings. The number of benzene rings is 2. The molecule has 1 aromatic heterocycles. The van der Waals surface area contributed by atoms with Gasteiger partial charge in [0.05, 0.1) is 10.8 Å². The van der Waals surface area contributed by atoms with Gasteiger partial charge in [0.15, 0.2) is 0 Å². The van der Waals surface area contributed by atoms with E-state index in [1.54, 1.807) is 12.1 Å². The summed E-state index contributed by atoms with van der Waals surface area (Å²) in [6.07, 6.45) is 1.38. The van der Waals surface area contributed by atoms with Crippen LogP contribution in [0.25, 0.3) is 0 Å². The van der Waals surface area contributed by atoms with Crippen molar-refractivity contribution in [1.82, 2.24) is 14.2 Å². The maximum Gasteiger partial charge on any atom is 0.244 e. The van der Waals surface area contributed by atoms with Crippen molar-refractivity contribution in [3.05, 3.63) is 84.6 Å². The Morgan fingerprint density at radius 3 is 2.21 bits per heavy atom. The molecule has 33 heavy (non-hydrogen) atoms. The SMILES string of the molecule is O=C(CSc1ccc(S(=O)(=O)N2CCN(Cc3ccccc3)CC2)cn1)Nc1ccccc1. The molecule has 1 aliphatic heterocycles. The quantitative estimate of drug-likeness (QED) is 0.496. The number of nitrogens with one attached hydrogen (secondary N) is 1. The molecule has 1 N–H and O–H groups in total. The van der Waals surface area contributed by atoms with Gasteiger partial charge in [0.1, 0.15) is 4.90 Å². The number of carbonyl (C=O) groups is 1. The summed E-state index contributed by atoms with van der Waals surface area (Å²) in [6, 6.07) is 22.6. The van der Waals surface area contributed by atoms with Gasteiger partial charge in [-0.1, -0.05) is 60.3 Å². The van der Waals surface area contributed by atoms with E-state index in [-0.39, 0.29) is 16.6 Å². The Labute approximate surface area is 198 Å². The van der Waals surface area contributed by atoms with E-state index >= 15 is 0 Å². The average Bonchev–Trinajstić information content (AvgIpc) is 2.85. The van der Waals surface area contributed by atoms with Crippen LogP contribution >= 0.6 is 11.8 Å². The van der Waals surface area contributed by atoms with Gasteiger partial charge in [0.2, 0.25) is 15.9 Å². The lowest BCUT2D eigenvalue weighted by atomic mass is 10.2. The van der Waals surface area contributed by atoms with Crippen LogP contribution in [-0.4, -0.2) is 60.4 Å². The topological polar surface area (TPSA) is 82.6 Å². The summed E-state index contributed by atoms with van der Waals surface area (Å²) in [5.74, 6) is 0.0512. The van der Waals surface area contributed by atoms with Crippen LogP contribution in [0.5, 0.6) is 0 Å². The van der Waals surface area contributed by atoms with E-state index in [0.717, 1.165) is 12.2 Å². The van der Waals surface area contributed by atoms with E-state index in [2.05, 4.69) is 27.3 Å². The largest absolute Gasteiger partial charge is 0.325 e. The van der Waals surface area contributed by atoms with Gasteiger partial charge in [-0.3, -0.25) is 9.69 Å². The third-order valence-corrected chi connectivity index (χ3v) is 8.16. The average molecular weight is 483 g/mol. The first-order chi connectivity index (χ1) is 16.0. The van der Waals surface area contributed by atoms with Crippen molar-refractivity contribution >= 4 is 33.4 Å². The van der Waals surface area contributed by atoms with E-state index in [1.165, 1.54) is 27.8 Å². The fraction of sp³-hybridized carbons (Fsp3) is 0.250. The molecule has 0 radical (unpaired) electrons. The first kappa shape index (κ1) is 23.4.